The molecule has 2 aromatic rings. The summed E-state index contributed by atoms with van der Waals surface area (Å²) in [5, 5.41) is 9.78. The molecule has 0 saturated heterocycles. The molecule has 0 atom stereocenters. The Balaban J connectivity index is 0.000000461. The third kappa shape index (κ3) is 0.572. The summed E-state index contributed by atoms with van der Waals surface area (Å²) in [5.74, 6) is -0.0141. The Morgan fingerprint density at radius 1 is 1.80 bits per heavy atom. The molecule has 0 saturated carbocycles. The first kappa shape index (κ1) is 3.05. The molecule has 3 heteroatoms. The first-order valence-electron chi connectivity index (χ1n) is 4.83. The minimum atomic E-state index is -0.0141. The molecule has 0 aliphatic carbocycles. The van der Waals surface area contributed by atoms with E-state index >= 15 is 0 Å². The Morgan fingerprint density at radius 2 is 2.70 bits per heavy atom. The fraction of sp³-hybridized carbons (Fsp3) is 0. The number of aromatic amines is 1. The van der Waals surface area contributed by atoms with Crippen LogP contribution in [-0.2, 0) is 0 Å². The van der Waals surface area contributed by atoms with Gasteiger partial charge in [0.25, 0.3) is 0 Å². The van der Waals surface area contributed by atoms with Crippen molar-refractivity contribution in [2.75, 3.05) is 0 Å². The zero-order chi connectivity index (χ0) is 10.7. The van der Waals surface area contributed by atoms with Crippen LogP contribution in [0.15, 0.2) is 24.5 Å². The van der Waals surface area contributed by atoms with Gasteiger partial charge in [-0.15, -0.1) is 0 Å². The molecule has 0 amide bonds. The standard InChI is InChI=1S/C7H6N2O.H2/c10-6-2-4-9-7-5(6)1-3-8-7;/h1-4H,(H2,8,9,10);1H/i3T,4T;1+2T. The monoisotopic (exact) mass is 144 g/mol. The minimum Gasteiger partial charge on any atom is -0.507 e. The highest BCUT2D eigenvalue weighted by molar-refractivity contribution is 5.81. The summed E-state index contributed by atoms with van der Waals surface area (Å²) >= 11 is 0. The number of hydrogen-bond acceptors (Lipinski definition) is 2. The van der Waals surface area contributed by atoms with Crippen LogP contribution >= 0.6 is 0 Å². The Hall–Kier alpha value is -1.51. The van der Waals surface area contributed by atoms with Gasteiger partial charge >= 0.3 is 0 Å². The molecule has 52 valence electrons. The van der Waals surface area contributed by atoms with Crippen molar-refractivity contribution in [1.82, 2.24) is 9.97 Å². The number of rotatable bonds is 0. The quantitative estimate of drug-likeness (QED) is 0.588. The van der Waals surface area contributed by atoms with E-state index in [-0.39, 0.29) is 18.1 Å². The summed E-state index contributed by atoms with van der Waals surface area (Å²) in [4.78, 5) is 6.40. The molecule has 0 aromatic carbocycles. The van der Waals surface area contributed by atoms with Crippen LogP contribution in [0, 0.1) is 0 Å². The summed E-state index contributed by atoms with van der Waals surface area (Å²) in [6.45, 7) is 0. The lowest BCUT2D eigenvalue weighted by molar-refractivity contribution is 0.481. The van der Waals surface area contributed by atoms with Crippen LogP contribution in [0.25, 0.3) is 11.0 Å². The fourth-order valence-corrected chi connectivity index (χ4v) is 0.831. The zero-order valence-electron chi connectivity index (χ0n) is 9.05. The van der Waals surface area contributed by atoms with E-state index in [2.05, 4.69) is 9.97 Å². The average Bonchev–Trinajstić information content (AvgIpc) is 2.49. The van der Waals surface area contributed by atoms with E-state index < -0.39 is 0 Å². The predicted molar refractivity (Wildman–Crippen MR) is 39.9 cm³/mol. The lowest BCUT2D eigenvalue weighted by atomic mass is 10.3. The van der Waals surface area contributed by atoms with Crippen LogP contribution in [0.2, 0.25) is 0 Å². The van der Waals surface area contributed by atoms with Gasteiger partial charge in [-0.2, -0.15) is 0 Å². The van der Waals surface area contributed by atoms with Crippen LogP contribution in [0.4, 0.5) is 0 Å². The van der Waals surface area contributed by atoms with Gasteiger partial charge in [-0.05, 0) is 12.1 Å². The van der Waals surface area contributed by atoms with Crippen LogP contribution in [-0.4, -0.2) is 15.1 Å². The SMILES string of the molecule is [3H][3H].[3H]c1cc(O)c2cc([3H])[nH]c2n1. The first-order valence-corrected chi connectivity index (χ1v) is 2.83. The lowest BCUT2D eigenvalue weighted by Gasteiger charge is -1.90. The van der Waals surface area contributed by atoms with Gasteiger partial charge in [-0.25, -0.2) is 4.98 Å². The molecular formula is C7H8N2O. The van der Waals surface area contributed by atoms with E-state index in [1.54, 1.807) is 0 Å². The lowest BCUT2D eigenvalue weighted by Crippen LogP contribution is -1.73. The Morgan fingerprint density at radius 3 is 3.60 bits per heavy atom. The molecule has 0 aliphatic heterocycles. The summed E-state index contributed by atoms with van der Waals surface area (Å²) < 4.78 is 24.4. The Kier molecular flexibility index (Phi) is 0.529. The molecular weight excluding hydrogens is 128 g/mol. The van der Waals surface area contributed by atoms with E-state index in [1.165, 1.54) is 12.1 Å². The topological polar surface area (TPSA) is 48.9 Å². The third-order valence-electron chi connectivity index (χ3n) is 1.32. The van der Waals surface area contributed by atoms with Gasteiger partial charge in [0.1, 0.15) is 11.4 Å². The molecule has 0 spiro atoms. The van der Waals surface area contributed by atoms with Crippen molar-refractivity contribution in [3.63, 3.8) is 0 Å². The molecule has 10 heavy (non-hydrogen) atoms. The van der Waals surface area contributed by atoms with E-state index in [4.69, 9.17) is 5.71 Å². The maximum atomic E-state index is 9.30. The van der Waals surface area contributed by atoms with E-state index in [0.29, 0.717) is 11.0 Å². The number of H-pyrrole nitrogens is 1. The van der Waals surface area contributed by atoms with Crippen molar-refractivity contribution < 1.29 is 10.8 Å². The summed E-state index contributed by atoms with van der Waals surface area (Å²) in [6.07, 6.45) is 0.167. The second-order valence-corrected chi connectivity index (χ2v) is 1.95. The van der Waals surface area contributed by atoms with Crippen molar-refractivity contribution in [2.45, 2.75) is 0 Å². The van der Waals surface area contributed by atoms with Crippen molar-refractivity contribution in [3.8, 4) is 5.75 Å². The van der Waals surface area contributed by atoms with Crippen LogP contribution in [0.3, 0.4) is 0 Å². The molecule has 3 nitrogen and oxygen atoms in total. The van der Waals surface area contributed by atoms with E-state index in [9.17, 15) is 5.11 Å². The average molecular weight is 144 g/mol. The Bertz CT molecular complexity index is 442. The number of nitrogens with zero attached hydrogens (tertiary/aromatic N) is 1. The van der Waals surface area contributed by atoms with Crippen molar-refractivity contribution >= 4 is 11.0 Å². The van der Waals surface area contributed by atoms with Gasteiger partial charge < -0.3 is 10.1 Å². The number of fused-ring (bicyclic) bond motifs is 1. The molecule has 0 aliphatic rings. The van der Waals surface area contributed by atoms with Crippen LogP contribution < -0.4 is 0 Å². The summed E-state index contributed by atoms with van der Waals surface area (Å²) in [7, 11) is 0. The third-order valence-corrected chi connectivity index (χ3v) is 1.32. The van der Waals surface area contributed by atoms with Crippen LogP contribution in [0.1, 0.15) is 5.71 Å². The molecule has 2 aromatic heterocycles. The van der Waals surface area contributed by atoms with Crippen molar-refractivity contribution in [3.05, 3.63) is 24.5 Å². The van der Waals surface area contributed by atoms with E-state index in [0.717, 1.165) is 0 Å². The molecule has 2 heterocycles. The number of hydrogen-bond donors (Lipinski definition) is 2. The highest BCUT2D eigenvalue weighted by atomic mass is 16.3. The van der Waals surface area contributed by atoms with Gasteiger partial charge in [0.15, 0.2) is 0 Å². The van der Waals surface area contributed by atoms with Gasteiger partial charge in [-0.3, -0.25) is 0 Å². The maximum absolute atomic E-state index is 9.30. The molecule has 0 fully saturated rings. The molecule has 0 unspecified atom stereocenters. The Labute approximate surface area is 63.2 Å². The molecule has 0 radical (unpaired) electrons. The predicted octanol–water partition coefficient (Wildman–Crippen LogP) is 1.51. The maximum Gasteiger partial charge on any atom is 0.140 e. The van der Waals surface area contributed by atoms with Gasteiger partial charge in [0.05, 0.1) is 8.13 Å². The van der Waals surface area contributed by atoms with Crippen LogP contribution in [0.5, 0.6) is 5.75 Å². The summed E-state index contributed by atoms with van der Waals surface area (Å²) in [6, 6.07) is 2.72. The van der Waals surface area contributed by atoms with Crippen molar-refractivity contribution in [1.29, 1.82) is 0 Å². The second-order valence-electron chi connectivity index (χ2n) is 1.95. The van der Waals surface area contributed by atoms with Gasteiger partial charge in [0, 0.05) is 15.3 Å². The molecule has 2 rings (SSSR count). The molecule has 2 N–H and O–H groups in total. The number of aromatic nitrogens is 2. The minimum absolute atomic E-state index is 0.0122. The zero-order valence-corrected chi connectivity index (χ0v) is 5.05. The smallest absolute Gasteiger partial charge is 0.140 e. The summed E-state index contributed by atoms with van der Waals surface area (Å²) in [5.41, 5.74) is 0.380. The van der Waals surface area contributed by atoms with Crippen molar-refractivity contribution in [2.24, 2.45) is 0 Å². The van der Waals surface area contributed by atoms with E-state index in [1.807, 2.05) is 0 Å². The highest BCUT2D eigenvalue weighted by Crippen LogP contribution is 2.19. The van der Waals surface area contributed by atoms with Gasteiger partial charge in [0.2, 0.25) is 0 Å². The fourth-order valence-electron chi connectivity index (χ4n) is 0.831. The molecule has 0 bridgehead atoms. The number of pyridine rings is 1. The first-order chi connectivity index (χ1) is 6.66. The second kappa shape index (κ2) is 1.73. The normalized spacial score (nSPS) is 14.0. The largest absolute Gasteiger partial charge is 0.507 e. The van der Waals surface area contributed by atoms with Gasteiger partial charge in [-0.1, -0.05) is 0 Å². The number of aromatic hydroxyl groups is 1. The number of nitrogens with one attached hydrogen (secondary N) is 1. The highest BCUT2D eigenvalue weighted by Gasteiger charge is 1.97.